The van der Waals surface area contributed by atoms with Gasteiger partial charge in [-0.25, -0.2) is 9.50 Å². The monoisotopic (exact) mass is 564 g/mol. The maximum atomic E-state index is 12.9. The molecule has 2 aromatic heterocycles. The van der Waals surface area contributed by atoms with E-state index in [2.05, 4.69) is 29.1 Å². The van der Waals surface area contributed by atoms with E-state index in [-0.39, 0.29) is 6.61 Å². The van der Waals surface area contributed by atoms with Crippen LogP contribution in [0.5, 0.6) is 0 Å². The molecule has 1 saturated heterocycles. The first-order valence-electron chi connectivity index (χ1n) is 14.3. The largest absolute Gasteiger partial charge is 0.382 e. The van der Waals surface area contributed by atoms with Gasteiger partial charge in [-0.1, -0.05) is 97.9 Å². The highest BCUT2D eigenvalue weighted by molar-refractivity contribution is 5.65. The average molecular weight is 565 g/mol. The second-order valence-corrected chi connectivity index (χ2v) is 10.9. The normalized spacial score (nSPS) is 23.9. The maximum Gasteiger partial charge on any atom is 0.219 e. The molecule has 4 atom stereocenters. The van der Waals surface area contributed by atoms with Gasteiger partial charge in [0, 0.05) is 0 Å². The second kappa shape index (κ2) is 12.0. The zero-order valence-corrected chi connectivity index (χ0v) is 23.7. The third-order valence-corrected chi connectivity index (χ3v) is 8.37. The standard InChI is InChI=1S/C34H36N4O4/c1-2-33(20-25-12-6-3-7-13-25)31(41-22-27-16-10-5-11-17-27)29(23-40-21-26-14-8-4-9-15-26)42-34(33,39)30-19-18-28-32(35)36-24-37-38(28)30/h3-19,24,29,31,39H,2,20-23H2,1H3,(H2,35,36,37)/t29-,31-,33-,34?/m1/s1. The number of benzene rings is 3. The summed E-state index contributed by atoms with van der Waals surface area (Å²) in [6.07, 6.45) is 1.35. The van der Waals surface area contributed by atoms with E-state index in [4.69, 9.17) is 19.9 Å². The Morgan fingerprint density at radius 3 is 2.12 bits per heavy atom. The number of fused-ring (bicyclic) bond motifs is 1. The summed E-state index contributed by atoms with van der Waals surface area (Å²) in [5.41, 5.74) is 9.51. The van der Waals surface area contributed by atoms with E-state index in [1.54, 1.807) is 4.52 Å². The average Bonchev–Trinajstić information content (AvgIpc) is 3.57. The highest BCUT2D eigenvalue weighted by Gasteiger charge is 2.66. The molecule has 0 radical (unpaired) electrons. The van der Waals surface area contributed by atoms with Crippen molar-refractivity contribution in [3.63, 3.8) is 0 Å². The molecular weight excluding hydrogens is 528 g/mol. The van der Waals surface area contributed by atoms with Crippen molar-refractivity contribution in [3.8, 4) is 0 Å². The van der Waals surface area contributed by atoms with Gasteiger partial charge in [-0.2, -0.15) is 5.10 Å². The van der Waals surface area contributed by atoms with Gasteiger partial charge >= 0.3 is 0 Å². The molecule has 0 amide bonds. The van der Waals surface area contributed by atoms with Gasteiger partial charge in [0.05, 0.1) is 31.3 Å². The first kappa shape index (κ1) is 28.1. The highest BCUT2D eigenvalue weighted by atomic mass is 16.7. The number of nitrogens with zero attached hydrogens (tertiary/aromatic N) is 3. The van der Waals surface area contributed by atoms with Crippen molar-refractivity contribution >= 4 is 11.3 Å². The SMILES string of the molecule is CC[C@@]1(Cc2ccccc2)[C@H](OCc2ccccc2)[C@@H](COCc2ccccc2)OC1(O)c1ccc2c(N)ncnn12. The quantitative estimate of drug-likeness (QED) is 0.224. The molecule has 1 aliphatic rings. The van der Waals surface area contributed by atoms with Gasteiger partial charge in [0.1, 0.15) is 23.6 Å². The molecule has 1 unspecified atom stereocenters. The zero-order chi connectivity index (χ0) is 29.0. The van der Waals surface area contributed by atoms with Crippen LogP contribution in [0.15, 0.2) is 109 Å². The minimum atomic E-state index is -1.78. The molecule has 8 heteroatoms. The number of nitrogen functional groups attached to an aromatic ring is 1. The van der Waals surface area contributed by atoms with Crippen molar-refractivity contribution in [1.82, 2.24) is 14.6 Å². The topological polar surface area (TPSA) is 104 Å². The van der Waals surface area contributed by atoms with Crippen LogP contribution in [-0.2, 0) is 39.6 Å². The zero-order valence-electron chi connectivity index (χ0n) is 23.7. The Morgan fingerprint density at radius 1 is 0.857 bits per heavy atom. The lowest BCUT2D eigenvalue weighted by Crippen LogP contribution is -2.51. The maximum absolute atomic E-state index is 12.9. The Bertz CT molecular complexity index is 1600. The number of ether oxygens (including phenoxy) is 3. The van der Waals surface area contributed by atoms with Gasteiger partial charge in [0.2, 0.25) is 5.79 Å². The predicted molar refractivity (Wildman–Crippen MR) is 160 cm³/mol. The van der Waals surface area contributed by atoms with Gasteiger partial charge in [-0.15, -0.1) is 0 Å². The Kier molecular flexibility index (Phi) is 8.04. The molecular formula is C34H36N4O4. The number of aliphatic hydroxyl groups is 1. The number of hydrogen-bond donors (Lipinski definition) is 2. The van der Waals surface area contributed by atoms with Crippen LogP contribution in [-0.4, -0.2) is 38.5 Å². The summed E-state index contributed by atoms with van der Waals surface area (Å²) in [4.78, 5) is 4.14. The van der Waals surface area contributed by atoms with Crippen LogP contribution < -0.4 is 5.73 Å². The lowest BCUT2D eigenvalue weighted by atomic mass is 9.67. The van der Waals surface area contributed by atoms with Crippen LogP contribution in [0.3, 0.4) is 0 Å². The molecule has 6 rings (SSSR count). The van der Waals surface area contributed by atoms with Crippen LogP contribution in [0, 0.1) is 5.41 Å². The van der Waals surface area contributed by atoms with Crippen molar-refractivity contribution in [2.45, 2.75) is 51.0 Å². The Balaban J connectivity index is 1.43. The van der Waals surface area contributed by atoms with Crippen LogP contribution in [0.2, 0.25) is 0 Å². The van der Waals surface area contributed by atoms with E-state index in [1.165, 1.54) is 6.33 Å². The second-order valence-electron chi connectivity index (χ2n) is 10.9. The van der Waals surface area contributed by atoms with Gasteiger partial charge < -0.3 is 25.1 Å². The Morgan fingerprint density at radius 2 is 1.48 bits per heavy atom. The van der Waals surface area contributed by atoms with Crippen molar-refractivity contribution in [3.05, 3.63) is 132 Å². The first-order chi connectivity index (χ1) is 20.5. The first-order valence-corrected chi connectivity index (χ1v) is 14.3. The third-order valence-electron chi connectivity index (χ3n) is 8.37. The van der Waals surface area contributed by atoms with Crippen LogP contribution in [0.25, 0.3) is 5.52 Å². The Hall–Kier alpha value is -4.08. The van der Waals surface area contributed by atoms with E-state index < -0.39 is 23.4 Å². The molecule has 42 heavy (non-hydrogen) atoms. The summed E-state index contributed by atoms with van der Waals surface area (Å²) in [5, 5.41) is 17.3. The number of rotatable bonds is 11. The fraction of sp³-hybridized carbons (Fsp3) is 0.294. The lowest BCUT2D eigenvalue weighted by Gasteiger charge is -2.43. The summed E-state index contributed by atoms with van der Waals surface area (Å²) < 4.78 is 21.4. The van der Waals surface area contributed by atoms with Crippen molar-refractivity contribution in [2.75, 3.05) is 12.3 Å². The van der Waals surface area contributed by atoms with Crippen molar-refractivity contribution in [1.29, 1.82) is 0 Å². The van der Waals surface area contributed by atoms with Gasteiger partial charge in [-0.3, -0.25) is 0 Å². The number of hydrogen-bond acceptors (Lipinski definition) is 7. The summed E-state index contributed by atoms with van der Waals surface area (Å²) >= 11 is 0. The van der Waals surface area contributed by atoms with Crippen molar-refractivity contribution < 1.29 is 19.3 Å². The van der Waals surface area contributed by atoms with Gasteiger partial charge in [0.15, 0.2) is 5.82 Å². The number of aromatic nitrogens is 3. The summed E-state index contributed by atoms with van der Waals surface area (Å²) in [6, 6.07) is 33.8. The molecule has 0 bridgehead atoms. The summed E-state index contributed by atoms with van der Waals surface area (Å²) in [6.45, 7) is 3.08. The van der Waals surface area contributed by atoms with E-state index in [0.717, 1.165) is 16.7 Å². The Labute approximate surface area is 245 Å². The molecule has 3 N–H and O–H groups in total. The molecule has 3 aromatic carbocycles. The van der Waals surface area contributed by atoms with Crippen LogP contribution >= 0.6 is 0 Å². The third kappa shape index (κ3) is 5.18. The molecule has 1 fully saturated rings. The van der Waals surface area contributed by atoms with Crippen LogP contribution in [0.4, 0.5) is 5.82 Å². The highest BCUT2D eigenvalue weighted by Crippen LogP contribution is 2.57. The van der Waals surface area contributed by atoms with E-state index in [1.807, 2.05) is 91.0 Å². The molecule has 3 heterocycles. The molecule has 0 aliphatic carbocycles. The summed E-state index contributed by atoms with van der Waals surface area (Å²) in [5.74, 6) is -1.46. The molecule has 0 spiro atoms. The molecule has 8 nitrogen and oxygen atoms in total. The fourth-order valence-electron chi connectivity index (χ4n) is 6.23. The van der Waals surface area contributed by atoms with E-state index in [9.17, 15) is 5.11 Å². The van der Waals surface area contributed by atoms with Gasteiger partial charge in [0.25, 0.3) is 0 Å². The predicted octanol–water partition coefficient (Wildman–Crippen LogP) is 5.30. The van der Waals surface area contributed by atoms with Crippen molar-refractivity contribution in [2.24, 2.45) is 5.41 Å². The van der Waals surface area contributed by atoms with Gasteiger partial charge in [-0.05, 0) is 41.7 Å². The minimum absolute atomic E-state index is 0.230. The molecule has 216 valence electrons. The van der Waals surface area contributed by atoms with E-state index >= 15 is 0 Å². The van der Waals surface area contributed by atoms with E-state index in [0.29, 0.717) is 43.1 Å². The number of nitrogens with two attached hydrogens (primary N) is 1. The lowest BCUT2D eigenvalue weighted by molar-refractivity contribution is -0.260. The molecule has 1 aliphatic heterocycles. The molecule has 5 aromatic rings. The van der Waals surface area contributed by atoms with Crippen LogP contribution in [0.1, 0.15) is 35.7 Å². The fourth-order valence-corrected chi connectivity index (χ4v) is 6.23. The number of anilines is 1. The smallest absolute Gasteiger partial charge is 0.219 e. The summed E-state index contributed by atoms with van der Waals surface area (Å²) in [7, 11) is 0. The minimum Gasteiger partial charge on any atom is -0.382 e. The molecule has 0 saturated carbocycles.